The van der Waals surface area contributed by atoms with Crippen molar-refractivity contribution < 1.29 is 4.74 Å². The van der Waals surface area contributed by atoms with Crippen LogP contribution in [0.3, 0.4) is 0 Å². The average Bonchev–Trinajstić information content (AvgIpc) is 3.35. The second kappa shape index (κ2) is 14.4. The van der Waals surface area contributed by atoms with Crippen molar-refractivity contribution in [3.63, 3.8) is 0 Å². The summed E-state index contributed by atoms with van der Waals surface area (Å²) in [7, 11) is 0. The Morgan fingerprint density at radius 3 is 1.65 bits per heavy atom. The van der Waals surface area contributed by atoms with Crippen LogP contribution < -0.4 is 4.74 Å². The Morgan fingerprint density at radius 2 is 0.921 bits per heavy atom. The third-order valence-corrected chi connectivity index (χ3v) is 14.8. The number of rotatable bonds is 6. The lowest BCUT2D eigenvalue weighted by molar-refractivity contribution is -0.0452. The summed E-state index contributed by atoms with van der Waals surface area (Å²) < 4.78 is 6.85. The van der Waals surface area contributed by atoms with E-state index in [9.17, 15) is 0 Å². The summed E-state index contributed by atoms with van der Waals surface area (Å²) in [6.07, 6.45) is 8.68. The summed E-state index contributed by atoms with van der Waals surface area (Å²) in [5.74, 6) is 7.13. The zero-order valence-corrected chi connectivity index (χ0v) is 34.9. The molecular formula is C58H44N4O. The van der Waals surface area contributed by atoms with Crippen molar-refractivity contribution in [1.29, 1.82) is 0 Å². The van der Waals surface area contributed by atoms with Crippen LogP contribution in [0.15, 0.2) is 182 Å². The van der Waals surface area contributed by atoms with Gasteiger partial charge in [0.25, 0.3) is 0 Å². The van der Waals surface area contributed by atoms with E-state index in [-0.39, 0.29) is 5.41 Å². The second-order valence-electron chi connectivity index (χ2n) is 18.3. The third kappa shape index (κ3) is 5.97. The molecule has 5 aliphatic rings. The lowest BCUT2D eigenvalue weighted by atomic mass is 9.42. The molecule has 2 aromatic heterocycles. The molecule has 0 N–H and O–H groups in total. The molecule has 4 aliphatic carbocycles. The van der Waals surface area contributed by atoms with E-state index in [1.54, 1.807) is 0 Å². The molecular weight excluding hydrogens is 769 g/mol. The molecule has 4 bridgehead atoms. The number of aromatic nitrogens is 4. The van der Waals surface area contributed by atoms with Crippen molar-refractivity contribution in [3.8, 4) is 79.0 Å². The summed E-state index contributed by atoms with van der Waals surface area (Å²) in [5.41, 5.74) is 13.4. The molecule has 1 aliphatic heterocycles. The van der Waals surface area contributed by atoms with Crippen LogP contribution in [-0.4, -0.2) is 19.9 Å². The van der Waals surface area contributed by atoms with Gasteiger partial charge in [0.05, 0.1) is 5.52 Å². The molecule has 63 heavy (non-hydrogen) atoms. The lowest BCUT2D eigenvalue weighted by Crippen LogP contribution is -2.56. The van der Waals surface area contributed by atoms with Crippen LogP contribution in [0.2, 0.25) is 0 Å². The van der Waals surface area contributed by atoms with Crippen LogP contribution >= 0.6 is 0 Å². The first-order chi connectivity index (χ1) is 31.1. The molecule has 0 radical (unpaired) electrons. The van der Waals surface area contributed by atoms with Crippen molar-refractivity contribution >= 4 is 10.9 Å². The Balaban J connectivity index is 0.851. The van der Waals surface area contributed by atoms with Crippen LogP contribution in [0.25, 0.3) is 78.4 Å². The van der Waals surface area contributed by atoms with Crippen molar-refractivity contribution in [2.45, 2.75) is 37.5 Å². The number of benzene rings is 7. The smallest absolute Gasteiger partial charge is 0.164 e. The Kier molecular flexibility index (Phi) is 8.34. The molecule has 9 aromatic rings. The fraction of sp³-hybridized carbons (Fsp3) is 0.172. The fourth-order valence-electron chi connectivity index (χ4n) is 12.3. The van der Waals surface area contributed by atoms with Crippen LogP contribution in [-0.2, 0) is 5.41 Å². The van der Waals surface area contributed by atoms with E-state index in [1.807, 2.05) is 30.5 Å². The minimum atomic E-state index is 0.0480. The van der Waals surface area contributed by atoms with E-state index in [0.29, 0.717) is 29.3 Å². The summed E-state index contributed by atoms with van der Waals surface area (Å²) in [4.78, 5) is 19.9. The van der Waals surface area contributed by atoms with Gasteiger partial charge in [0.2, 0.25) is 0 Å². The van der Waals surface area contributed by atoms with E-state index >= 15 is 0 Å². The van der Waals surface area contributed by atoms with E-state index in [2.05, 4.69) is 157 Å². The van der Waals surface area contributed by atoms with Gasteiger partial charge in [-0.15, -0.1) is 0 Å². The number of ether oxygens (including phenoxy) is 1. The zero-order valence-electron chi connectivity index (χ0n) is 34.9. The van der Waals surface area contributed by atoms with Crippen molar-refractivity contribution in [3.05, 3.63) is 193 Å². The van der Waals surface area contributed by atoms with Gasteiger partial charge in [-0.05, 0) is 114 Å². The summed E-state index contributed by atoms with van der Waals surface area (Å²) in [5, 5.41) is 1.12. The van der Waals surface area contributed by atoms with Gasteiger partial charge in [-0.3, -0.25) is 4.98 Å². The fourth-order valence-corrected chi connectivity index (χ4v) is 12.3. The largest absolute Gasteiger partial charge is 0.457 e. The molecule has 14 rings (SSSR count). The molecule has 0 atom stereocenters. The maximum Gasteiger partial charge on any atom is 0.164 e. The molecule has 0 unspecified atom stereocenters. The summed E-state index contributed by atoms with van der Waals surface area (Å²) >= 11 is 0. The number of hydrogen-bond donors (Lipinski definition) is 0. The molecule has 4 fully saturated rings. The van der Waals surface area contributed by atoms with Crippen molar-refractivity contribution in [1.82, 2.24) is 19.9 Å². The van der Waals surface area contributed by atoms with Gasteiger partial charge in [0, 0.05) is 50.4 Å². The molecule has 1 spiro atoms. The highest BCUT2D eigenvalue weighted by molar-refractivity contribution is 5.93. The minimum absolute atomic E-state index is 0.0480. The molecule has 7 aromatic carbocycles. The number of para-hydroxylation sites is 2. The van der Waals surface area contributed by atoms with Gasteiger partial charge in [0.1, 0.15) is 11.5 Å². The highest BCUT2D eigenvalue weighted by atomic mass is 16.5. The van der Waals surface area contributed by atoms with Crippen molar-refractivity contribution in [2.75, 3.05) is 0 Å². The van der Waals surface area contributed by atoms with Crippen molar-refractivity contribution in [2.24, 2.45) is 23.7 Å². The number of pyridine rings is 1. The minimum Gasteiger partial charge on any atom is -0.457 e. The zero-order chi connectivity index (χ0) is 41.5. The van der Waals surface area contributed by atoms with E-state index < -0.39 is 0 Å². The van der Waals surface area contributed by atoms with Gasteiger partial charge < -0.3 is 4.74 Å². The predicted molar refractivity (Wildman–Crippen MR) is 252 cm³/mol. The molecule has 5 heteroatoms. The first kappa shape index (κ1) is 36.4. The van der Waals surface area contributed by atoms with E-state index in [0.717, 1.165) is 73.2 Å². The van der Waals surface area contributed by atoms with Gasteiger partial charge in [0.15, 0.2) is 17.5 Å². The topological polar surface area (TPSA) is 60.8 Å². The predicted octanol–water partition coefficient (Wildman–Crippen LogP) is 14.3. The Morgan fingerprint density at radius 1 is 0.397 bits per heavy atom. The maximum absolute atomic E-state index is 6.85. The molecule has 4 saturated carbocycles. The van der Waals surface area contributed by atoms with Crippen LogP contribution in [0, 0.1) is 23.7 Å². The summed E-state index contributed by atoms with van der Waals surface area (Å²) in [6, 6.07) is 62.5. The molecule has 5 nitrogen and oxygen atoms in total. The Hall–Kier alpha value is -7.24. The molecule has 0 saturated heterocycles. The average molecular weight is 813 g/mol. The number of fused-ring (bicyclic) bond motifs is 3. The number of hydrogen-bond acceptors (Lipinski definition) is 5. The highest BCUT2D eigenvalue weighted by Crippen LogP contribution is 2.69. The third-order valence-electron chi connectivity index (χ3n) is 14.8. The monoisotopic (exact) mass is 812 g/mol. The molecule has 3 heterocycles. The van der Waals surface area contributed by atoms with Crippen LogP contribution in [0.4, 0.5) is 0 Å². The second-order valence-corrected chi connectivity index (χ2v) is 18.3. The summed E-state index contributed by atoms with van der Waals surface area (Å²) in [6.45, 7) is 0. The first-order valence-corrected chi connectivity index (χ1v) is 22.5. The van der Waals surface area contributed by atoms with Gasteiger partial charge >= 0.3 is 0 Å². The van der Waals surface area contributed by atoms with Crippen LogP contribution in [0.5, 0.6) is 11.5 Å². The van der Waals surface area contributed by atoms with Crippen LogP contribution in [0.1, 0.15) is 43.2 Å². The van der Waals surface area contributed by atoms with Gasteiger partial charge in [-0.2, -0.15) is 0 Å². The van der Waals surface area contributed by atoms with Gasteiger partial charge in [-0.25, -0.2) is 15.0 Å². The first-order valence-electron chi connectivity index (χ1n) is 22.5. The maximum atomic E-state index is 6.85. The molecule has 302 valence electrons. The number of nitrogens with zero attached hydrogens (tertiary/aromatic N) is 4. The van der Waals surface area contributed by atoms with E-state index in [4.69, 9.17) is 19.7 Å². The highest BCUT2D eigenvalue weighted by Gasteiger charge is 2.61. The Labute approximate surface area is 367 Å². The SMILES string of the molecule is c1ccc(-c2nc(-c3ccc(-c4cccc5cccnc45)cc3)nc(-c3cccc(-c4cccc(-c5ccc6c(c5)Oc5ccccc5C65C6CC7CC(C6)CC5C7)c4)c3)n2)cc1. The van der Waals surface area contributed by atoms with Gasteiger partial charge in [-0.1, -0.05) is 146 Å². The lowest BCUT2D eigenvalue weighted by Gasteiger charge is -2.63. The normalized spacial score (nSPS) is 21.5. The van der Waals surface area contributed by atoms with E-state index in [1.165, 1.54) is 54.4 Å². The molecule has 0 amide bonds. The standard InChI is InChI=1S/C58H44N4O/c1-2-10-40(11-3-1)55-60-56(41-23-21-38(22-24-41)49-18-8-12-39-17-9-27-59-54(39)49)62-57(61-55)46-16-7-15-44(34-46)42-13-6-14-43(33-42)45-25-26-51-53(35-45)63-52-20-5-4-19-50(52)58(51)47-29-36-28-37(31-47)32-48(58)30-36/h1-27,33-37,47-48H,28-32H2. The Bertz CT molecular complexity index is 3200. The quantitative estimate of drug-likeness (QED) is 0.167.